The monoisotopic (exact) mass is 369 g/mol. The van der Waals surface area contributed by atoms with Gasteiger partial charge in [-0.3, -0.25) is 9.59 Å². The highest BCUT2D eigenvalue weighted by atomic mass is 16.5. The number of benzene rings is 2. The molecule has 0 bridgehead atoms. The van der Waals surface area contributed by atoms with E-state index in [1.54, 1.807) is 7.11 Å². The first-order chi connectivity index (χ1) is 13.1. The third-order valence-corrected chi connectivity index (χ3v) is 4.71. The average Bonchev–Trinajstić information content (AvgIpc) is 2.70. The van der Waals surface area contributed by atoms with E-state index >= 15 is 0 Å². The second-order valence-electron chi connectivity index (χ2n) is 6.59. The van der Waals surface area contributed by atoms with Crippen LogP contribution in [0.15, 0.2) is 48.5 Å². The molecule has 0 saturated carbocycles. The van der Waals surface area contributed by atoms with Crippen LogP contribution in [-0.4, -0.2) is 30.7 Å². The Morgan fingerprint density at radius 2 is 2.04 bits per heavy atom. The summed E-state index contributed by atoms with van der Waals surface area (Å²) in [5.74, 6) is 0.142. The van der Waals surface area contributed by atoms with Crippen molar-refractivity contribution >= 4 is 11.9 Å². The molecule has 1 aliphatic rings. The normalized spacial score (nSPS) is 16.6. The van der Waals surface area contributed by atoms with Gasteiger partial charge in [-0.15, -0.1) is 0 Å². The Kier molecular flexibility index (Phi) is 5.96. The number of aliphatic carboxylic acids is 1. The molecule has 0 radical (unpaired) electrons. The molecule has 2 aromatic carbocycles. The van der Waals surface area contributed by atoms with Gasteiger partial charge in [-0.05, 0) is 42.2 Å². The Labute approximate surface area is 158 Å². The van der Waals surface area contributed by atoms with Crippen LogP contribution in [0.1, 0.15) is 30.0 Å². The van der Waals surface area contributed by atoms with Crippen LogP contribution in [0.5, 0.6) is 11.5 Å². The maximum atomic E-state index is 12.8. The van der Waals surface area contributed by atoms with Crippen LogP contribution in [0.4, 0.5) is 0 Å². The van der Waals surface area contributed by atoms with Gasteiger partial charge in [0, 0.05) is 6.42 Å². The zero-order valence-corrected chi connectivity index (χ0v) is 15.2. The van der Waals surface area contributed by atoms with Gasteiger partial charge >= 0.3 is 5.97 Å². The molecule has 1 aliphatic heterocycles. The van der Waals surface area contributed by atoms with Gasteiger partial charge in [0.05, 0.1) is 19.1 Å². The number of amides is 1. The lowest BCUT2D eigenvalue weighted by Gasteiger charge is -2.27. The van der Waals surface area contributed by atoms with Crippen molar-refractivity contribution in [1.29, 1.82) is 0 Å². The first kappa shape index (κ1) is 18.8. The van der Waals surface area contributed by atoms with Crippen molar-refractivity contribution in [3.63, 3.8) is 0 Å². The Balaban J connectivity index is 1.70. The van der Waals surface area contributed by atoms with Crippen LogP contribution in [-0.2, 0) is 16.0 Å². The quantitative estimate of drug-likeness (QED) is 0.784. The SMILES string of the molecule is COc1ccc2c(c1)CC(C(=O)NC(CCC(=O)O)c1ccccc1)CO2. The average molecular weight is 369 g/mol. The van der Waals surface area contributed by atoms with E-state index in [4.69, 9.17) is 14.6 Å². The molecule has 0 aliphatic carbocycles. The van der Waals surface area contributed by atoms with Crippen LogP contribution in [0.25, 0.3) is 0 Å². The highest BCUT2D eigenvalue weighted by Crippen LogP contribution is 2.31. The van der Waals surface area contributed by atoms with E-state index in [-0.39, 0.29) is 24.3 Å². The molecular formula is C21H23NO5. The van der Waals surface area contributed by atoms with Gasteiger partial charge in [-0.25, -0.2) is 0 Å². The largest absolute Gasteiger partial charge is 0.497 e. The van der Waals surface area contributed by atoms with E-state index < -0.39 is 5.97 Å². The van der Waals surface area contributed by atoms with E-state index in [1.807, 2.05) is 48.5 Å². The van der Waals surface area contributed by atoms with Gasteiger partial charge in [0.2, 0.25) is 5.91 Å². The molecule has 6 nitrogen and oxygen atoms in total. The van der Waals surface area contributed by atoms with Crippen LogP contribution < -0.4 is 14.8 Å². The van der Waals surface area contributed by atoms with Crippen LogP contribution in [0, 0.1) is 5.92 Å². The number of methoxy groups -OCH3 is 1. The minimum absolute atomic E-state index is 0.0129. The number of ether oxygens (including phenoxy) is 2. The number of carboxylic acid groups (broad SMARTS) is 1. The molecule has 1 heterocycles. The lowest BCUT2D eigenvalue weighted by atomic mass is 9.94. The second-order valence-corrected chi connectivity index (χ2v) is 6.59. The number of carboxylic acids is 1. The molecule has 0 fully saturated rings. The molecule has 0 spiro atoms. The molecule has 2 N–H and O–H groups in total. The molecule has 2 atom stereocenters. The van der Waals surface area contributed by atoms with E-state index in [9.17, 15) is 9.59 Å². The van der Waals surface area contributed by atoms with E-state index in [0.29, 0.717) is 19.4 Å². The molecule has 142 valence electrons. The van der Waals surface area contributed by atoms with Crippen LogP contribution >= 0.6 is 0 Å². The Morgan fingerprint density at radius 1 is 1.26 bits per heavy atom. The predicted octanol–water partition coefficient (Wildman–Crippen LogP) is 2.97. The summed E-state index contributed by atoms with van der Waals surface area (Å²) < 4.78 is 11.0. The van der Waals surface area contributed by atoms with Gasteiger partial charge in [0.15, 0.2) is 0 Å². The smallest absolute Gasteiger partial charge is 0.303 e. The van der Waals surface area contributed by atoms with Crippen molar-refractivity contribution in [2.45, 2.75) is 25.3 Å². The van der Waals surface area contributed by atoms with Crippen molar-refractivity contribution in [1.82, 2.24) is 5.32 Å². The zero-order valence-electron chi connectivity index (χ0n) is 15.2. The lowest BCUT2D eigenvalue weighted by molar-refractivity contribution is -0.137. The number of nitrogens with one attached hydrogen (secondary N) is 1. The number of rotatable bonds is 7. The highest BCUT2D eigenvalue weighted by molar-refractivity contribution is 5.80. The van der Waals surface area contributed by atoms with E-state index in [2.05, 4.69) is 5.32 Å². The summed E-state index contributed by atoms with van der Waals surface area (Å²) >= 11 is 0. The lowest BCUT2D eigenvalue weighted by Crippen LogP contribution is -2.39. The standard InChI is InChI=1S/C21H23NO5/c1-26-17-7-9-19-15(12-17)11-16(13-27-19)21(25)22-18(8-10-20(23)24)14-5-3-2-4-6-14/h2-7,9,12,16,18H,8,10-11,13H2,1H3,(H,22,25)(H,23,24). The zero-order chi connectivity index (χ0) is 19.2. The summed E-state index contributed by atoms with van der Waals surface area (Å²) in [4.78, 5) is 23.8. The third-order valence-electron chi connectivity index (χ3n) is 4.71. The summed E-state index contributed by atoms with van der Waals surface area (Å²) in [6.07, 6.45) is 0.878. The van der Waals surface area contributed by atoms with Crippen molar-refractivity contribution in [2.75, 3.05) is 13.7 Å². The molecule has 6 heteroatoms. The van der Waals surface area contributed by atoms with Crippen molar-refractivity contribution < 1.29 is 24.2 Å². The topological polar surface area (TPSA) is 84.9 Å². The number of hydrogen-bond acceptors (Lipinski definition) is 4. The molecule has 27 heavy (non-hydrogen) atoms. The molecule has 0 saturated heterocycles. The van der Waals surface area contributed by atoms with Crippen molar-refractivity contribution in [3.05, 3.63) is 59.7 Å². The van der Waals surface area contributed by atoms with Gasteiger partial charge in [0.1, 0.15) is 18.1 Å². The number of fused-ring (bicyclic) bond motifs is 1. The number of carbonyl (C=O) groups excluding carboxylic acids is 1. The Hall–Kier alpha value is -3.02. The number of carbonyl (C=O) groups is 2. The summed E-state index contributed by atoms with van der Waals surface area (Å²) in [5, 5.41) is 12.0. The second kappa shape index (κ2) is 8.58. The van der Waals surface area contributed by atoms with Gasteiger partial charge in [0.25, 0.3) is 0 Å². The predicted molar refractivity (Wildman–Crippen MR) is 99.9 cm³/mol. The van der Waals surface area contributed by atoms with E-state index in [1.165, 1.54) is 0 Å². The summed E-state index contributed by atoms with van der Waals surface area (Å²) in [5.41, 5.74) is 1.83. The molecule has 0 aromatic heterocycles. The minimum Gasteiger partial charge on any atom is -0.497 e. The van der Waals surface area contributed by atoms with Gasteiger partial charge in [-0.2, -0.15) is 0 Å². The highest BCUT2D eigenvalue weighted by Gasteiger charge is 2.28. The molecule has 3 rings (SSSR count). The van der Waals surface area contributed by atoms with Crippen LogP contribution in [0.3, 0.4) is 0 Å². The van der Waals surface area contributed by atoms with Gasteiger partial charge < -0.3 is 19.9 Å². The van der Waals surface area contributed by atoms with E-state index in [0.717, 1.165) is 22.6 Å². The first-order valence-electron chi connectivity index (χ1n) is 8.93. The third kappa shape index (κ3) is 4.78. The maximum absolute atomic E-state index is 12.8. The van der Waals surface area contributed by atoms with Gasteiger partial charge in [-0.1, -0.05) is 30.3 Å². The fraction of sp³-hybridized carbons (Fsp3) is 0.333. The first-order valence-corrected chi connectivity index (χ1v) is 8.93. The molecule has 2 aromatic rings. The Bertz CT molecular complexity index is 805. The molecular weight excluding hydrogens is 346 g/mol. The number of hydrogen-bond donors (Lipinski definition) is 2. The maximum Gasteiger partial charge on any atom is 0.303 e. The Morgan fingerprint density at radius 3 is 2.74 bits per heavy atom. The summed E-state index contributed by atoms with van der Waals surface area (Å²) in [6.45, 7) is 0.297. The fourth-order valence-electron chi connectivity index (χ4n) is 3.23. The summed E-state index contributed by atoms with van der Waals surface area (Å²) in [7, 11) is 1.60. The fourth-order valence-corrected chi connectivity index (χ4v) is 3.23. The summed E-state index contributed by atoms with van der Waals surface area (Å²) in [6, 6.07) is 14.6. The minimum atomic E-state index is -0.882. The molecule has 2 unspecified atom stereocenters. The van der Waals surface area contributed by atoms with Crippen LogP contribution in [0.2, 0.25) is 0 Å². The van der Waals surface area contributed by atoms with Crippen molar-refractivity contribution in [3.8, 4) is 11.5 Å². The molecule has 1 amide bonds. The van der Waals surface area contributed by atoms with Crippen molar-refractivity contribution in [2.24, 2.45) is 5.92 Å².